The first kappa shape index (κ1) is 58.5. The number of nitrogens with zero attached hydrogens (tertiary/aromatic N) is 1. The van der Waals surface area contributed by atoms with Crippen molar-refractivity contribution in [3.8, 4) is 5.88 Å². The highest BCUT2D eigenvalue weighted by molar-refractivity contribution is 5.85. The number of unbranched alkanes of at least 4 members (excludes halogenated alkanes) is 2. The fraction of sp³-hybridized carbons (Fsp3) is 0.540. The number of aryl methyl sites for hydroxylation is 7. The molecule has 0 spiro atoms. The summed E-state index contributed by atoms with van der Waals surface area (Å²) < 4.78 is 5.01. The second-order valence-corrected chi connectivity index (χ2v) is 14.6. The van der Waals surface area contributed by atoms with Crippen LogP contribution < -0.4 is 4.74 Å². The Morgan fingerprint density at radius 1 is 0.679 bits per heavy atom. The number of nitrogens with one attached hydrogen (secondary N) is 2. The number of aromatic amines is 2. The standard InChI is InChI=1S/C12H15N.C11H13N.C8H11NO.2C5H12.C3H8.2C2H4O.C2H6/c1-4-10-5-6-12-11(7-10)8(2)9(3)13-12;1-3-9-4-5-11-10(7-9)6-8(2)12-11;1-6-4-5-7(2)9-8(6)10-3;1-5(2,3)4;1-3-5-4-2;1-3-2;2*1-2-3;1-2/h5-7,13H,4H2,1-3H3;4-7,12H,3H2,1-2H3;4-5H,1-3H3;1-4H3;3-5H2,1-2H3;3H2,1-2H3;2*2H,1H3;1-2H3. The predicted octanol–water partition coefficient (Wildman–Crippen LogP) is 15.2. The van der Waals surface area contributed by atoms with Crippen molar-refractivity contribution in [2.24, 2.45) is 5.41 Å². The first-order chi connectivity index (χ1) is 26.4. The summed E-state index contributed by atoms with van der Waals surface area (Å²) in [6, 6.07) is 19.4. The van der Waals surface area contributed by atoms with Gasteiger partial charge in [-0.15, -0.1) is 0 Å². The van der Waals surface area contributed by atoms with Crippen LogP contribution in [0.2, 0.25) is 0 Å². The molecule has 0 unspecified atom stereocenters. The number of hydrogen-bond acceptors (Lipinski definition) is 4. The smallest absolute Gasteiger partial charge is 0.216 e. The van der Waals surface area contributed by atoms with E-state index in [1.807, 2.05) is 39.8 Å². The first-order valence-electron chi connectivity index (χ1n) is 20.8. The van der Waals surface area contributed by atoms with Gasteiger partial charge < -0.3 is 24.3 Å². The lowest BCUT2D eigenvalue weighted by atomic mass is 10.0. The number of carbonyl (C=O) groups is 2. The summed E-state index contributed by atoms with van der Waals surface area (Å²) in [6.07, 6.45) is 9.05. The molecular weight excluding hydrogens is 691 g/mol. The number of rotatable bonds is 5. The van der Waals surface area contributed by atoms with E-state index in [0.29, 0.717) is 5.41 Å². The zero-order valence-corrected chi connectivity index (χ0v) is 39.8. The summed E-state index contributed by atoms with van der Waals surface area (Å²) in [5, 5.41) is 2.70. The Kier molecular flexibility index (Phi) is 38.1. The van der Waals surface area contributed by atoms with Crippen LogP contribution in [0, 0.1) is 40.0 Å². The summed E-state index contributed by atoms with van der Waals surface area (Å²) in [5.41, 5.74) is 11.8. The van der Waals surface area contributed by atoms with Crippen molar-refractivity contribution < 1.29 is 14.3 Å². The maximum atomic E-state index is 8.81. The van der Waals surface area contributed by atoms with E-state index in [9.17, 15) is 0 Å². The molecule has 0 bridgehead atoms. The van der Waals surface area contributed by atoms with Crippen LogP contribution in [0.3, 0.4) is 0 Å². The Hall–Kier alpha value is -4.19. The molecule has 0 radical (unpaired) electrons. The molecule has 0 aliphatic heterocycles. The van der Waals surface area contributed by atoms with Gasteiger partial charge >= 0.3 is 0 Å². The summed E-state index contributed by atoms with van der Waals surface area (Å²) in [5.74, 6) is 0.722. The largest absolute Gasteiger partial charge is 0.481 e. The van der Waals surface area contributed by atoms with Crippen LogP contribution in [0.4, 0.5) is 0 Å². The maximum absolute atomic E-state index is 8.81. The fourth-order valence-corrected chi connectivity index (χ4v) is 4.44. The number of hydrogen-bond donors (Lipinski definition) is 2. The predicted molar refractivity (Wildman–Crippen MR) is 251 cm³/mol. The Balaban J connectivity index is -0.000000293. The number of aldehydes is 2. The molecule has 5 rings (SSSR count). The van der Waals surface area contributed by atoms with Gasteiger partial charge in [0.15, 0.2) is 0 Å². The molecule has 0 fully saturated rings. The fourth-order valence-electron chi connectivity index (χ4n) is 4.44. The second-order valence-electron chi connectivity index (χ2n) is 14.6. The van der Waals surface area contributed by atoms with Crippen molar-refractivity contribution in [1.82, 2.24) is 15.0 Å². The monoisotopic (exact) mass is 776 g/mol. The van der Waals surface area contributed by atoms with Crippen LogP contribution in [0.25, 0.3) is 21.8 Å². The molecule has 0 aliphatic carbocycles. The lowest BCUT2D eigenvalue weighted by molar-refractivity contribution is -0.106. The third-order valence-electron chi connectivity index (χ3n) is 7.10. The lowest BCUT2D eigenvalue weighted by Gasteiger charge is -2.05. The van der Waals surface area contributed by atoms with Gasteiger partial charge in [0.2, 0.25) is 5.88 Å². The van der Waals surface area contributed by atoms with E-state index in [4.69, 9.17) is 14.3 Å². The molecule has 0 atom stereocenters. The number of pyridine rings is 1. The molecule has 2 aromatic carbocycles. The average Bonchev–Trinajstić information content (AvgIpc) is 3.67. The maximum Gasteiger partial charge on any atom is 0.216 e. The number of methoxy groups -OCH3 is 1. The summed E-state index contributed by atoms with van der Waals surface area (Å²) >= 11 is 0. The van der Waals surface area contributed by atoms with E-state index in [0.717, 1.165) is 42.6 Å². The Morgan fingerprint density at radius 2 is 1.12 bits per heavy atom. The van der Waals surface area contributed by atoms with Crippen molar-refractivity contribution in [2.45, 2.75) is 170 Å². The Labute approximate surface area is 345 Å². The minimum absolute atomic E-state index is 0.500. The molecule has 3 heterocycles. The van der Waals surface area contributed by atoms with Gasteiger partial charge in [-0.25, -0.2) is 4.98 Å². The summed E-state index contributed by atoms with van der Waals surface area (Å²) in [4.78, 5) is 28.5. The normalized spacial score (nSPS) is 9.29. The van der Waals surface area contributed by atoms with Gasteiger partial charge in [0.05, 0.1) is 7.11 Å². The minimum Gasteiger partial charge on any atom is -0.481 e. The van der Waals surface area contributed by atoms with Crippen LogP contribution in [-0.4, -0.2) is 34.6 Å². The number of H-pyrrole nitrogens is 2. The van der Waals surface area contributed by atoms with Gasteiger partial charge in [0.1, 0.15) is 12.6 Å². The van der Waals surface area contributed by atoms with Crippen LogP contribution in [0.1, 0.15) is 162 Å². The van der Waals surface area contributed by atoms with Gasteiger partial charge in [0, 0.05) is 39.1 Å². The van der Waals surface area contributed by atoms with Crippen LogP contribution >= 0.6 is 0 Å². The molecule has 6 nitrogen and oxygen atoms in total. The molecule has 0 saturated heterocycles. The van der Waals surface area contributed by atoms with E-state index in [1.165, 1.54) is 89.4 Å². The van der Waals surface area contributed by atoms with Gasteiger partial charge in [-0.1, -0.05) is 127 Å². The highest BCUT2D eigenvalue weighted by atomic mass is 16.5. The van der Waals surface area contributed by atoms with Crippen LogP contribution in [0.15, 0.2) is 54.6 Å². The van der Waals surface area contributed by atoms with Crippen molar-refractivity contribution in [3.63, 3.8) is 0 Å². The summed E-state index contributed by atoms with van der Waals surface area (Å²) in [7, 11) is 1.63. The minimum atomic E-state index is 0.500. The van der Waals surface area contributed by atoms with Crippen LogP contribution in [-0.2, 0) is 22.4 Å². The molecule has 6 heteroatoms. The molecule has 318 valence electrons. The third-order valence-corrected chi connectivity index (χ3v) is 7.10. The Bertz CT molecular complexity index is 1660. The van der Waals surface area contributed by atoms with Crippen molar-refractivity contribution >= 4 is 34.4 Å². The van der Waals surface area contributed by atoms with Gasteiger partial charge in [-0.2, -0.15) is 0 Å². The molecule has 0 aliphatic rings. The van der Waals surface area contributed by atoms with Crippen molar-refractivity contribution in [3.05, 3.63) is 93.9 Å². The molecule has 5 aromatic rings. The van der Waals surface area contributed by atoms with Crippen molar-refractivity contribution in [2.75, 3.05) is 7.11 Å². The van der Waals surface area contributed by atoms with Gasteiger partial charge in [0.25, 0.3) is 0 Å². The van der Waals surface area contributed by atoms with E-state index in [2.05, 4.69) is 147 Å². The highest BCUT2D eigenvalue weighted by Crippen LogP contribution is 2.22. The molecule has 2 N–H and O–H groups in total. The molecule has 0 amide bonds. The van der Waals surface area contributed by atoms with E-state index in [1.54, 1.807) is 7.11 Å². The van der Waals surface area contributed by atoms with Crippen LogP contribution in [0.5, 0.6) is 5.88 Å². The van der Waals surface area contributed by atoms with E-state index in [-0.39, 0.29) is 0 Å². The van der Waals surface area contributed by atoms with Gasteiger partial charge in [-0.3, -0.25) is 0 Å². The molecular formula is C50H85N3O3. The zero-order chi connectivity index (χ0) is 44.3. The summed E-state index contributed by atoms with van der Waals surface area (Å²) in [6.45, 7) is 39.0. The highest BCUT2D eigenvalue weighted by Gasteiger charge is 2.03. The first-order valence-corrected chi connectivity index (χ1v) is 20.8. The SMILES string of the molecule is CC.CC(C)(C)C.CC=O.CC=O.CCC.CCCCC.CCc1ccc2[nH]c(C)c(C)c2c1.CCc1ccc2[nH]c(C)cc2c1.COc1nc(C)ccc1C. The quantitative estimate of drug-likeness (QED) is 0.174. The van der Waals surface area contributed by atoms with E-state index < -0.39 is 0 Å². The number of fused-ring (bicyclic) bond motifs is 2. The third kappa shape index (κ3) is 30.1. The molecule has 3 aromatic heterocycles. The number of ether oxygens (including phenoxy) is 1. The van der Waals surface area contributed by atoms with E-state index >= 15 is 0 Å². The van der Waals surface area contributed by atoms with Crippen molar-refractivity contribution in [1.29, 1.82) is 0 Å². The second kappa shape index (κ2) is 36.4. The zero-order valence-electron chi connectivity index (χ0n) is 39.8. The number of carbonyl (C=O) groups excluding carboxylic acids is 2. The number of benzene rings is 2. The topological polar surface area (TPSA) is 87.8 Å². The van der Waals surface area contributed by atoms with Gasteiger partial charge in [-0.05, 0) is 125 Å². The molecule has 0 saturated carbocycles. The Morgan fingerprint density at radius 3 is 1.52 bits per heavy atom. The molecule has 56 heavy (non-hydrogen) atoms. The average molecular weight is 776 g/mol. The number of aromatic nitrogens is 3. The lowest BCUT2D eigenvalue weighted by Crippen LogP contribution is -1.93.